The summed E-state index contributed by atoms with van der Waals surface area (Å²) in [7, 11) is 0. The number of hydrogen-bond donors (Lipinski definition) is 2. The number of carbonyl (C=O) groups is 2. The maximum absolute atomic E-state index is 10.8. The zero-order valence-corrected chi connectivity index (χ0v) is 15.4. The lowest BCUT2D eigenvalue weighted by Gasteiger charge is -2.37. The van der Waals surface area contributed by atoms with E-state index in [1.165, 1.54) is 0 Å². The van der Waals surface area contributed by atoms with E-state index in [2.05, 4.69) is 0 Å². The molecule has 0 amide bonds. The first-order valence-corrected chi connectivity index (χ1v) is 7.42. The molecule has 0 aromatic rings. The molecule has 0 bridgehead atoms. The molecule has 0 atom stereocenters. The van der Waals surface area contributed by atoms with Crippen molar-refractivity contribution < 1.29 is 19.8 Å². The Morgan fingerprint density at radius 3 is 1.00 bits per heavy atom. The van der Waals surface area contributed by atoms with Crippen LogP contribution in [0.2, 0.25) is 0 Å². The highest BCUT2D eigenvalue weighted by Gasteiger charge is 2.41. The van der Waals surface area contributed by atoms with E-state index in [9.17, 15) is 9.59 Å². The van der Waals surface area contributed by atoms with Crippen LogP contribution in [0.1, 0.15) is 90.5 Å². The Kier molecular flexibility index (Phi) is 12.1. The van der Waals surface area contributed by atoms with E-state index >= 15 is 0 Å². The Hall–Kier alpha value is -1.06. The summed E-state index contributed by atoms with van der Waals surface area (Å²) >= 11 is 0. The molecule has 0 fully saturated rings. The molecular weight excluding hydrogens is 292 g/mol. The van der Waals surface area contributed by atoms with Crippen LogP contribution in [0.4, 0.5) is 0 Å². The fourth-order valence-corrected chi connectivity index (χ4v) is 1.05. The smallest absolute Gasteiger partial charge is 0.309 e. The normalized spacial score (nSPS) is 12.1. The van der Waals surface area contributed by atoms with Gasteiger partial charge in [-0.1, -0.05) is 56.4 Å². The lowest BCUT2D eigenvalue weighted by atomic mass is 9.66. The fraction of sp³-hybridized carbons (Fsp3) is 0.895. The van der Waals surface area contributed by atoms with Gasteiger partial charge in [0.15, 0.2) is 0 Å². The molecule has 0 saturated carbocycles. The summed E-state index contributed by atoms with van der Waals surface area (Å²) in [6.07, 6.45) is 0.881. The van der Waals surface area contributed by atoms with Gasteiger partial charge < -0.3 is 10.2 Å². The van der Waals surface area contributed by atoms with Crippen molar-refractivity contribution in [2.24, 2.45) is 21.7 Å². The minimum atomic E-state index is -0.736. The van der Waals surface area contributed by atoms with Gasteiger partial charge in [0.1, 0.15) is 0 Å². The van der Waals surface area contributed by atoms with Crippen LogP contribution in [0, 0.1) is 21.7 Å². The Morgan fingerprint density at radius 1 is 0.696 bits per heavy atom. The van der Waals surface area contributed by atoms with Crippen LogP contribution >= 0.6 is 0 Å². The predicted octanol–water partition coefficient (Wildman–Crippen LogP) is 5.95. The molecule has 0 aliphatic rings. The number of hydrogen-bond acceptors (Lipinski definition) is 2. The van der Waals surface area contributed by atoms with Gasteiger partial charge in [0.2, 0.25) is 0 Å². The number of carboxylic acids is 2. The molecule has 4 heteroatoms. The lowest BCUT2D eigenvalue weighted by Crippen LogP contribution is -2.39. The average Bonchev–Trinajstić information content (AvgIpc) is 2.27. The van der Waals surface area contributed by atoms with Crippen molar-refractivity contribution in [3.05, 3.63) is 0 Å². The van der Waals surface area contributed by atoms with Gasteiger partial charge in [0.25, 0.3) is 0 Å². The van der Waals surface area contributed by atoms with Gasteiger partial charge in [0, 0.05) is 0 Å². The molecule has 0 aromatic carbocycles. The highest BCUT2D eigenvalue weighted by Crippen LogP contribution is 2.41. The minimum absolute atomic E-state index is 0. The first-order chi connectivity index (χ1) is 8.95. The molecule has 0 unspecified atom stereocenters. The van der Waals surface area contributed by atoms with Crippen molar-refractivity contribution in [2.75, 3.05) is 0 Å². The maximum Gasteiger partial charge on any atom is 0.309 e. The molecule has 142 valence electrons. The number of rotatable bonds is 4. The summed E-state index contributed by atoms with van der Waals surface area (Å²) < 4.78 is 0. The topological polar surface area (TPSA) is 74.6 Å². The van der Waals surface area contributed by atoms with Gasteiger partial charge in [-0.05, 0) is 44.9 Å². The van der Waals surface area contributed by atoms with Gasteiger partial charge in [-0.25, -0.2) is 0 Å². The van der Waals surface area contributed by atoms with E-state index in [0.717, 1.165) is 6.42 Å². The molecule has 0 saturated heterocycles. The molecule has 4 nitrogen and oxygen atoms in total. The first kappa shape index (κ1) is 29.9. The van der Waals surface area contributed by atoms with E-state index in [-0.39, 0.29) is 25.7 Å². The third-order valence-corrected chi connectivity index (χ3v) is 5.52. The molecule has 0 rings (SSSR count). The number of carboxylic acid groups (broad SMARTS) is 2. The van der Waals surface area contributed by atoms with Gasteiger partial charge in [0.05, 0.1) is 10.8 Å². The Labute approximate surface area is 144 Å². The van der Waals surface area contributed by atoms with E-state index in [1.807, 2.05) is 41.5 Å². The quantitative estimate of drug-likeness (QED) is 0.666. The molecule has 0 spiro atoms. The van der Waals surface area contributed by atoms with Crippen LogP contribution in [0.5, 0.6) is 0 Å². The zero-order chi connectivity index (χ0) is 17.9. The molecule has 2 N–H and O–H groups in total. The van der Waals surface area contributed by atoms with E-state index in [0.29, 0.717) is 0 Å². The van der Waals surface area contributed by atoms with Crippen LogP contribution in [0.3, 0.4) is 0 Å². The minimum Gasteiger partial charge on any atom is -0.481 e. The largest absolute Gasteiger partial charge is 0.481 e. The molecule has 0 heterocycles. The van der Waals surface area contributed by atoms with Gasteiger partial charge in [-0.2, -0.15) is 0 Å². The average molecular weight is 335 g/mol. The second kappa shape index (κ2) is 9.29. The standard InChI is InChI=1S/C9H18O2.C8H16O2.2CH4/c1-6-8(2,3)9(4,5)7(10)11;1-7(2,3)8(4,5)6(9)10;;/h6H2,1-5H3,(H,10,11);1-5H3,(H,9,10);2*1H4. The fourth-order valence-electron chi connectivity index (χ4n) is 1.05. The second-order valence-corrected chi connectivity index (χ2v) is 8.35. The summed E-state index contributed by atoms with van der Waals surface area (Å²) in [5.74, 6) is -1.45. The molecule has 0 aliphatic heterocycles. The first-order valence-electron chi connectivity index (χ1n) is 7.42. The highest BCUT2D eigenvalue weighted by atomic mass is 16.4. The Bertz CT molecular complexity index is 371. The number of aliphatic carboxylic acids is 2. The van der Waals surface area contributed by atoms with Crippen LogP contribution in [0.15, 0.2) is 0 Å². The van der Waals surface area contributed by atoms with E-state index in [1.54, 1.807) is 27.7 Å². The Morgan fingerprint density at radius 2 is 0.957 bits per heavy atom. The molecular formula is C19H42O4. The van der Waals surface area contributed by atoms with Crippen LogP contribution in [-0.4, -0.2) is 22.2 Å². The van der Waals surface area contributed by atoms with Crippen LogP contribution in [0.25, 0.3) is 0 Å². The second-order valence-electron chi connectivity index (χ2n) is 8.35. The summed E-state index contributed by atoms with van der Waals surface area (Å²) in [5.41, 5.74) is -1.60. The van der Waals surface area contributed by atoms with Gasteiger partial charge in [-0.15, -0.1) is 0 Å². The van der Waals surface area contributed by atoms with E-state index < -0.39 is 22.8 Å². The lowest BCUT2D eigenvalue weighted by molar-refractivity contribution is -0.154. The Balaban J connectivity index is -0.000000145. The van der Waals surface area contributed by atoms with E-state index in [4.69, 9.17) is 10.2 Å². The monoisotopic (exact) mass is 334 g/mol. The third-order valence-electron chi connectivity index (χ3n) is 5.52. The van der Waals surface area contributed by atoms with Crippen LogP contribution in [-0.2, 0) is 9.59 Å². The van der Waals surface area contributed by atoms with Crippen molar-refractivity contribution in [3.63, 3.8) is 0 Å². The van der Waals surface area contributed by atoms with Crippen molar-refractivity contribution in [1.29, 1.82) is 0 Å². The van der Waals surface area contributed by atoms with Crippen molar-refractivity contribution in [3.8, 4) is 0 Å². The summed E-state index contributed by atoms with van der Waals surface area (Å²) in [6.45, 7) is 18.8. The van der Waals surface area contributed by atoms with Crippen LogP contribution < -0.4 is 0 Å². The molecule has 0 aromatic heterocycles. The van der Waals surface area contributed by atoms with Gasteiger partial charge >= 0.3 is 11.9 Å². The van der Waals surface area contributed by atoms with Gasteiger partial charge in [-0.3, -0.25) is 9.59 Å². The molecule has 0 radical (unpaired) electrons. The third kappa shape index (κ3) is 7.36. The molecule has 23 heavy (non-hydrogen) atoms. The van der Waals surface area contributed by atoms with Crippen molar-refractivity contribution in [2.45, 2.75) is 90.5 Å². The highest BCUT2D eigenvalue weighted by molar-refractivity contribution is 5.75. The molecule has 0 aliphatic carbocycles. The predicted molar refractivity (Wildman–Crippen MR) is 99.8 cm³/mol. The van der Waals surface area contributed by atoms with Crippen molar-refractivity contribution in [1.82, 2.24) is 0 Å². The van der Waals surface area contributed by atoms with Crippen molar-refractivity contribution >= 4 is 11.9 Å². The summed E-state index contributed by atoms with van der Waals surface area (Å²) in [4.78, 5) is 21.5. The SMILES string of the molecule is C.C.CC(C)(C)C(C)(C)C(=O)O.CCC(C)(C)C(C)(C)C(=O)O. The zero-order valence-electron chi connectivity index (χ0n) is 15.4. The maximum atomic E-state index is 10.8. The summed E-state index contributed by atoms with van der Waals surface area (Å²) in [6, 6.07) is 0. The summed E-state index contributed by atoms with van der Waals surface area (Å²) in [5, 5.41) is 17.7.